The van der Waals surface area contributed by atoms with Crippen molar-refractivity contribution in [1.82, 2.24) is 9.78 Å². The Morgan fingerprint density at radius 1 is 1.19 bits per heavy atom. The molecule has 2 aromatic carbocycles. The highest BCUT2D eigenvalue weighted by atomic mass is 16.1. The van der Waals surface area contributed by atoms with Crippen LogP contribution in [0.2, 0.25) is 0 Å². The molecule has 0 saturated carbocycles. The van der Waals surface area contributed by atoms with E-state index in [9.17, 15) is 10.1 Å². The summed E-state index contributed by atoms with van der Waals surface area (Å²) in [5.41, 5.74) is 5.42. The molecule has 5 rings (SSSR count). The van der Waals surface area contributed by atoms with Crippen molar-refractivity contribution in [3.05, 3.63) is 88.9 Å². The molecule has 2 aliphatic carbocycles. The van der Waals surface area contributed by atoms with Crippen molar-refractivity contribution in [2.45, 2.75) is 31.6 Å². The lowest BCUT2D eigenvalue weighted by Crippen LogP contribution is -2.41. The van der Waals surface area contributed by atoms with Crippen molar-refractivity contribution in [2.24, 2.45) is 5.92 Å². The number of ketones is 1. The van der Waals surface area contributed by atoms with Crippen molar-refractivity contribution in [3.8, 4) is 23.0 Å². The second-order valence-electron chi connectivity index (χ2n) is 8.40. The van der Waals surface area contributed by atoms with E-state index in [0.29, 0.717) is 12.1 Å². The van der Waals surface area contributed by atoms with Crippen molar-refractivity contribution in [2.75, 3.05) is 0 Å². The van der Waals surface area contributed by atoms with Crippen LogP contribution in [0.4, 0.5) is 5.69 Å². The van der Waals surface area contributed by atoms with E-state index in [2.05, 4.69) is 30.0 Å². The number of benzene rings is 2. The van der Waals surface area contributed by atoms with Gasteiger partial charge in [0.2, 0.25) is 0 Å². The average molecular weight is 404 g/mol. The molecule has 0 radical (unpaired) electrons. The van der Waals surface area contributed by atoms with Gasteiger partial charge < -0.3 is 0 Å². The van der Waals surface area contributed by atoms with E-state index in [1.165, 1.54) is 5.56 Å². The van der Waals surface area contributed by atoms with Gasteiger partial charge in [-0.05, 0) is 30.9 Å². The van der Waals surface area contributed by atoms with Crippen LogP contribution in [-0.2, 0) is 16.6 Å². The van der Waals surface area contributed by atoms with E-state index in [1.807, 2.05) is 41.1 Å². The van der Waals surface area contributed by atoms with Crippen LogP contribution in [0.25, 0.3) is 21.8 Å². The second-order valence-corrected chi connectivity index (χ2v) is 8.40. The van der Waals surface area contributed by atoms with Crippen molar-refractivity contribution < 1.29 is 4.79 Å². The Kier molecular flexibility index (Phi) is 4.34. The van der Waals surface area contributed by atoms with Crippen LogP contribution < -0.4 is 0 Å². The zero-order valence-corrected chi connectivity index (χ0v) is 17.2. The molecule has 0 amide bonds. The molecule has 0 spiro atoms. The Bertz CT molecular complexity index is 1300. The summed E-state index contributed by atoms with van der Waals surface area (Å²) < 4.78 is 1.96. The summed E-state index contributed by atoms with van der Waals surface area (Å²) in [6.07, 6.45) is 3.97. The first-order valence-electron chi connectivity index (χ1n) is 10.4. The van der Waals surface area contributed by atoms with Gasteiger partial charge in [0.25, 0.3) is 0 Å². The molecule has 1 aromatic heterocycles. The first-order valence-corrected chi connectivity index (χ1v) is 10.4. The minimum atomic E-state index is -0.467. The Balaban J connectivity index is 1.80. The van der Waals surface area contributed by atoms with Gasteiger partial charge in [-0.25, -0.2) is 9.53 Å². The van der Waals surface area contributed by atoms with E-state index in [-0.39, 0.29) is 17.3 Å². The molecular formula is C26H20N4O. The Morgan fingerprint density at radius 3 is 2.61 bits per heavy atom. The smallest absolute Gasteiger partial charge is 0.187 e. The zero-order chi connectivity index (χ0) is 21.6. The number of allylic oxidation sites excluding steroid dienone is 2. The van der Waals surface area contributed by atoms with Gasteiger partial charge in [0.05, 0.1) is 29.2 Å². The third kappa shape index (κ3) is 2.90. The minimum absolute atomic E-state index is 0.0656. The Labute approximate surface area is 181 Å². The number of Topliss-reactive ketones (excluding diaryl/α,β-unsaturated/α-hetero) is 1. The van der Waals surface area contributed by atoms with Crippen molar-refractivity contribution in [1.29, 1.82) is 5.26 Å². The summed E-state index contributed by atoms with van der Waals surface area (Å²) in [6.45, 7) is 9.36. The predicted octanol–water partition coefficient (Wildman–Crippen LogP) is 5.33. The monoisotopic (exact) mass is 404 g/mol. The molecule has 2 atom stereocenters. The van der Waals surface area contributed by atoms with E-state index in [1.54, 1.807) is 12.1 Å². The van der Waals surface area contributed by atoms with Gasteiger partial charge >= 0.3 is 0 Å². The van der Waals surface area contributed by atoms with Crippen LogP contribution in [-0.4, -0.2) is 15.6 Å². The zero-order valence-electron chi connectivity index (χ0n) is 17.2. The molecule has 3 aromatic rings. The van der Waals surface area contributed by atoms with Gasteiger partial charge in [0, 0.05) is 23.0 Å². The van der Waals surface area contributed by atoms with E-state index < -0.39 is 5.41 Å². The largest absolute Gasteiger partial charge is 0.293 e. The lowest BCUT2D eigenvalue weighted by molar-refractivity contribution is -0.117. The third-order valence-electron chi connectivity index (χ3n) is 6.65. The number of carbonyl (C=O) groups excluding carboxylic acids is 1. The summed E-state index contributed by atoms with van der Waals surface area (Å²) in [7, 11) is 0. The molecule has 0 aliphatic heterocycles. The summed E-state index contributed by atoms with van der Waals surface area (Å²) in [6, 6.07) is 19.6. The minimum Gasteiger partial charge on any atom is -0.293 e. The number of nitriles is 1. The maximum Gasteiger partial charge on any atom is 0.187 e. The Hall–Kier alpha value is -3.96. The van der Waals surface area contributed by atoms with Crippen LogP contribution in [0.1, 0.15) is 31.0 Å². The van der Waals surface area contributed by atoms with Crippen molar-refractivity contribution >= 4 is 11.5 Å². The second kappa shape index (κ2) is 7.07. The van der Waals surface area contributed by atoms with E-state index in [0.717, 1.165) is 35.5 Å². The van der Waals surface area contributed by atoms with E-state index in [4.69, 9.17) is 11.7 Å². The van der Waals surface area contributed by atoms with E-state index >= 15 is 0 Å². The fraction of sp³-hybridized carbons (Fsp3) is 0.231. The molecular weight excluding hydrogens is 384 g/mol. The topological polar surface area (TPSA) is 63.0 Å². The fourth-order valence-corrected chi connectivity index (χ4v) is 5.04. The summed E-state index contributed by atoms with van der Waals surface area (Å²) >= 11 is 0. The van der Waals surface area contributed by atoms with Crippen LogP contribution in [0.15, 0.2) is 66.2 Å². The van der Waals surface area contributed by atoms with Crippen LogP contribution in [0.5, 0.6) is 0 Å². The normalized spacial score (nSPS) is 22.0. The molecule has 0 unspecified atom stereocenters. The molecule has 5 nitrogen and oxygen atoms in total. The lowest BCUT2D eigenvalue weighted by Gasteiger charge is -2.42. The maximum atomic E-state index is 12.4. The van der Waals surface area contributed by atoms with Crippen LogP contribution in [0, 0.1) is 23.8 Å². The number of aromatic nitrogens is 2. The molecule has 5 heteroatoms. The first-order chi connectivity index (χ1) is 15.0. The first kappa shape index (κ1) is 19.0. The number of hydrogen-bond donors (Lipinski definition) is 0. The number of nitrogens with zero attached hydrogens (tertiary/aromatic N) is 4. The fourth-order valence-electron chi connectivity index (χ4n) is 5.04. The maximum absolute atomic E-state index is 12.4. The van der Waals surface area contributed by atoms with Gasteiger partial charge in [-0.15, -0.1) is 0 Å². The van der Waals surface area contributed by atoms with Crippen molar-refractivity contribution in [3.63, 3.8) is 0 Å². The molecule has 0 fully saturated rings. The third-order valence-corrected chi connectivity index (χ3v) is 6.65. The van der Waals surface area contributed by atoms with Gasteiger partial charge in [-0.3, -0.25) is 4.79 Å². The standard InChI is InChI=1S/C26H20N4O/c1-26-15-18(16-27)23(31)14-19(26)8-13-22-24(17-6-4-3-5-7-17)29-30(25(22)26)21-11-9-20(28-2)10-12-21/h3-7,9-12,15,19H,8,13-14H2,1H3/t19-,26-/m1/s1. The highest BCUT2D eigenvalue weighted by molar-refractivity contribution is 6.00. The molecule has 0 bridgehead atoms. The summed E-state index contributed by atoms with van der Waals surface area (Å²) in [5.74, 6) is 0.0652. The highest BCUT2D eigenvalue weighted by Crippen LogP contribution is 2.50. The summed E-state index contributed by atoms with van der Waals surface area (Å²) in [4.78, 5) is 15.9. The molecule has 2 aliphatic rings. The lowest BCUT2D eigenvalue weighted by atomic mass is 9.61. The molecule has 0 N–H and O–H groups in total. The van der Waals surface area contributed by atoms with Crippen LogP contribution in [0.3, 0.4) is 0 Å². The SMILES string of the molecule is [C-]#[N+]c1ccc(-n2nc(-c3ccccc3)c3c2[C@]2(C)C=C(C#N)C(=O)C[C@H]2CC3)cc1. The number of fused-ring (bicyclic) bond motifs is 3. The highest BCUT2D eigenvalue weighted by Gasteiger charge is 2.47. The summed E-state index contributed by atoms with van der Waals surface area (Å²) in [5, 5.41) is 14.6. The molecule has 1 heterocycles. The number of rotatable bonds is 2. The van der Waals surface area contributed by atoms with Gasteiger partial charge in [0.1, 0.15) is 6.07 Å². The van der Waals surface area contributed by atoms with Gasteiger partial charge in [-0.2, -0.15) is 10.4 Å². The van der Waals surface area contributed by atoms with Gasteiger partial charge in [-0.1, -0.05) is 55.5 Å². The predicted molar refractivity (Wildman–Crippen MR) is 118 cm³/mol. The molecule has 150 valence electrons. The quantitative estimate of drug-likeness (QED) is 0.542. The molecule has 31 heavy (non-hydrogen) atoms. The van der Waals surface area contributed by atoms with Gasteiger partial charge in [0.15, 0.2) is 11.5 Å². The molecule has 0 saturated heterocycles. The Morgan fingerprint density at radius 2 is 1.94 bits per heavy atom. The average Bonchev–Trinajstić information content (AvgIpc) is 3.21. The number of hydrogen-bond acceptors (Lipinski definition) is 3. The van der Waals surface area contributed by atoms with Crippen LogP contribution >= 0.6 is 0 Å². The number of carbonyl (C=O) groups is 1.